The molecule has 1 aromatic carbocycles. The Morgan fingerprint density at radius 1 is 0.920 bits per heavy atom. The zero-order chi connectivity index (χ0) is 17.2. The molecular formula is C21H28N2O2. The van der Waals surface area contributed by atoms with Gasteiger partial charge in [-0.15, -0.1) is 0 Å². The van der Waals surface area contributed by atoms with Crippen molar-refractivity contribution in [3.05, 3.63) is 35.9 Å². The number of hydrogen-bond acceptors (Lipinski definition) is 2. The van der Waals surface area contributed by atoms with Gasteiger partial charge in [0.1, 0.15) is 0 Å². The van der Waals surface area contributed by atoms with Gasteiger partial charge in [-0.25, -0.2) is 0 Å². The second-order valence-electron chi connectivity index (χ2n) is 8.07. The maximum Gasteiger partial charge on any atom is 0.253 e. The molecule has 4 aliphatic rings. The summed E-state index contributed by atoms with van der Waals surface area (Å²) < 4.78 is 0. The molecular weight excluding hydrogens is 312 g/mol. The molecule has 25 heavy (non-hydrogen) atoms. The third kappa shape index (κ3) is 3.58. The fourth-order valence-electron chi connectivity index (χ4n) is 4.90. The largest absolute Gasteiger partial charge is 0.338 e. The van der Waals surface area contributed by atoms with E-state index in [1.807, 2.05) is 35.2 Å². The van der Waals surface area contributed by atoms with Gasteiger partial charge >= 0.3 is 0 Å². The Kier molecular flexibility index (Phi) is 4.78. The zero-order valence-electron chi connectivity index (χ0n) is 14.9. The van der Waals surface area contributed by atoms with Crippen LogP contribution in [-0.4, -0.2) is 47.3 Å². The molecule has 3 saturated heterocycles. The normalized spacial score (nSPS) is 26.7. The predicted molar refractivity (Wildman–Crippen MR) is 97.1 cm³/mol. The van der Waals surface area contributed by atoms with Crippen LogP contribution in [0.15, 0.2) is 30.3 Å². The van der Waals surface area contributed by atoms with Crippen molar-refractivity contribution in [1.29, 1.82) is 0 Å². The van der Waals surface area contributed by atoms with E-state index in [1.54, 1.807) is 0 Å². The molecule has 1 saturated carbocycles. The van der Waals surface area contributed by atoms with Crippen LogP contribution in [0.3, 0.4) is 0 Å². The third-order valence-corrected chi connectivity index (χ3v) is 6.28. The lowest BCUT2D eigenvalue weighted by molar-refractivity contribution is -0.136. The first-order valence-electron chi connectivity index (χ1n) is 9.84. The van der Waals surface area contributed by atoms with E-state index in [0.717, 1.165) is 37.9 Å². The second-order valence-corrected chi connectivity index (χ2v) is 8.07. The highest BCUT2D eigenvalue weighted by molar-refractivity contribution is 5.94. The summed E-state index contributed by atoms with van der Waals surface area (Å²) in [5.74, 6) is 1.47. The van der Waals surface area contributed by atoms with E-state index in [4.69, 9.17) is 0 Å². The maximum absolute atomic E-state index is 12.9. The molecule has 2 bridgehead atoms. The number of carbonyl (C=O) groups is 2. The van der Waals surface area contributed by atoms with Crippen LogP contribution < -0.4 is 0 Å². The van der Waals surface area contributed by atoms with Gasteiger partial charge < -0.3 is 9.80 Å². The van der Waals surface area contributed by atoms with Crippen LogP contribution in [-0.2, 0) is 4.79 Å². The summed E-state index contributed by atoms with van der Waals surface area (Å²) in [4.78, 5) is 29.8. The molecule has 1 aromatic rings. The lowest BCUT2D eigenvalue weighted by Gasteiger charge is -2.36. The summed E-state index contributed by atoms with van der Waals surface area (Å²) >= 11 is 0. The number of fused-ring (bicyclic) bond motifs is 4. The molecule has 134 valence electrons. The van der Waals surface area contributed by atoms with Crippen molar-refractivity contribution in [2.75, 3.05) is 19.6 Å². The van der Waals surface area contributed by atoms with Crippen LogP contribution in [0.1, 0.15) is 55.3 Å². The number of hydrogen-bond donors (Lipinski definition) is 0. The molecule has 4 nitrogen and oxygen atoms in total. The van der Waals surface area contributed by atoms with Crippen molar-refractivity contribution < 1.29 is 9.59 Å². The first-order valence-corrected chi connectivity index (χ1v) is 9.84. The fourth-order valence-corrected chi connectivity index (χ4v) is 4.90. The van der Waals surface area contributed by atoms with Gasteiger partial charge in [0.25, 0.3) is 5.91 Å². The topological polar surface area (TPSA) is 40.6 Å². The van der Waals surface area contributed by atoms with E-state index >= 15 is 0 Å². The van der Waals surface area contributed by atoms with Crippen molar-refractivity contribution >= 4 is 11.8 Å². The van der Waals surface area contributed by atoms with E-state index < -0.39 is 0 Å². The number of benzene rings is 1. The summed E-state index contributed by atoms with van der Waals surface area (Å²) in [6, 6.07) is 9.75. The molecule has 0 N–H and O–H groups in total. The van der Waals surface area contributed by atoms with Crippen LogP contribution in [0, 0.1) is 11.8 Å². The Morgan fingerprint density at radius 2 is 1.68 bits per heavy atom. The molecule has 4 fully saturated rings. The third-order valence-electron chi connectivity index (χ3n) is 6.28. The maximum atomic E-state index is 12.9. The summed E-state index contributed by atoms with van der Waals surface area (Å²) in [5, 5.41) is 0. The molecule has 0 spiro atoms. The molecule has 0 aromatic heterocycles. The molecule has 2 amide bonds. The Bertz CT molecular complexity index is 624. The van der Waals surface area contributed by atoms with Gasteiger partial charge in [0.05, 0.1) is 0 Å². The molecule has 0 radical (unpaired) electrons. The summed E-state index contributed by atoms with van der Waals surface area (Å²) in [6.07, 6.45) is 7.89. The van der Waals surface area contributed by atoms with Crippen LogP contribution in [0.4, 0.5) is 0 Å². The Morgan fingerprint density at radius 3 is 2.44 bits per heavy atom. The summed E-state index contributed by atoms with van der Waals surface area (Å²) in [7, 11) is 0. The van der Waals surface area contributed by atoms with Crippen LogP contribution in [0.25, 0.3) is 0 Å². The second kappa shape index (κ2) is 7.19. The molecule has 5 rings (SSSR count). The Hall–Kier alpha value is -1.84. The van der Waals surface area contributed by atoms with Crippen molar-refractivity contribution in [1.82, 2.24) is 9.80 Å². The van der Waals surface area contributed by atoms with E-state index in [-0.39, 0.29) is 11.9 Å². The highest BCUT2D eigenvalue weighted by Crippen LogP contribution is 2.32. The minimum atomic E-state index is 0.114. The predicted octanol–water partition coefficient (Wildman–Crippen LogP) is 3.33. The van der Waals surface area contributed by atoms with Gasteiger partial charge in [0.2, 0.25) is 5.91 Å². The quantitative estimate of drug-likeness (QED) is 0.847. The number of amides is 2. The van der Waals surface area contributed by atoms with E-state index in [9.17, 15) is 9.59 Å². The number of piperidine rings is 1. The van der Waals surface area contributed by atoms with Gasteiger partial charge in [-0.3, -0.25) is 9.59 Å². The fraction of sp³-hybridized carbons (Fsp3) is 0.619. The number of nitrogens with zero attached hydrogens (tertiary/aromatic N) is 2. The highest BCUT2D eigenvalue weighted by Gasteiger charge is 2.39. The standard InChI is InChI=1S/C21H28N2O2/c24-20(12-16-6-4-5-7-16)23-14-17-10-11-19(23)15-22(13-17)21(25)18-8-2-1-3-9-18/h1-3,8-9,16-17,19H,4-7,10-15H2/t17-,19+/m0/s1. The smallest absolute Gasteiger partial charge is 0.253 e. The number of rotatable bonds is 3. The van der Waals surface area contributed by atoms with Gasteiger partial charge in [0, 0.05) is 37.7 Å². The molecule has 0 unspecified atom stereocenters. The average molecular weight is 340 g/mol. The van der Waals surface area contributed by atoms with E-state index in [1.165, 1.54) is 25.7 Å². The monoisotopic (exact) mass is 340 g/mol. The lowest BCUT2D eigenvalue weighted by Crippen LogP contribution is -2.48. The first-order chi connectivity index (χ1) is 12.2. The van der Waals surface area contributed by atoms with Crippen molar-refractivity contribution in [3.8, 4) is 0 Å². The van der Waals surface area contributed by atoms with Gasteiger partial charge in [-0.05, 0) is 49.7 Å². The van der Waals surface area contributed by atoms with Crippen LogP contribution in [0.2, 0.25) is 0 Å². The summed E-state index contributed by atoms with van der Waals surface area (Å²) in [5.41, 5.74) is 0.757. The van der Waals surface area contributed by atoms with Crippen LogP contribution in [0.5, 0.6) is 0 Å². The molecule has 3 aliphatic heterocycles. The van der Waals surface area contributed by atoms with Crippen molar-refractivity contribution in [2.45, 2.75) is 51.0 Å². The molecule has 1 aliphatic carbocycles. The van der Waals surface area contributed by atoms with Crippen molar-refractivity contribution in [2.24, 2.45) is 11.8 Å². The Labute approximate surface area is 150 Å². The van der Waals surface area contributed by atoms with Crippen molar-refractivity contribution in [3.63, 3.8) is 0 Å². The van der Waals surface area contributed by atoms with E-state index in [0.29, 0.717) is 24.3 Å². The summed E-state index contributed by atoms with van der Waals surface area (Å²) in [6.45, 7) is 2.33. The molecule has 2 atom stereocenters. The number of carbonyl (C=O) groups excluding carboxylic acids is 2. The minimum Gasteiger partial charge on any atom is -0.338 e. The zero-order valence-corrected chi connectivity index (χ0v) is 14.9. The molecule has 4 heteroatoms. The first kappa shape index (κ1) is 16.6. The van der Waals surface area contributed by atoms with Gasteiger partial charge in [-0.1, -0.05) is 31.0 Å². The SMILES string of the molecule is O=C(c1ccccc1)N1C[C@@H]2CC[C@H](C1)N(C(=O)CC1CCCC1)C2. The van der Waals surface area contributed by atoms with Gasteiger partial charge in [0.15, 0.2) is 0 Å². The average Bonchev–Trinajstić information content (AvgIpc) is 2.98. The highest BCUT2D eigenvalue weighted by atomic mass is 16.2. The van der Waals surface area contributed by atoms with Crippen LogP contribution >= 0.6 is 0 Å². The molecule has 3 heterocycles. The van der Waals surface area contributed by atoms with Gasteiger partial charge in [-0.2, -0.15) is 0 Å². The minimum absolute atomic E-state index is 0.114. The lowest BCUT2D eigenvalue weighted by atomic mass is 9.93. The Balaban J connectivity index is 1.45. The van der Waals surface area contributed by atoms with E-state index in [2.05, 4.69) is 4.90 Å².